The third-order valence-corrected chi connectivity index (χ3v) is 5.04. The summed E-state index contributed by atoms with van der Waals surface area (Å²) in [5.74, 6) is -0.656. The van der Waals surface area contributed by atoms with Gasteiger partial charge >= 0.3 is 5.97 Å². The van der Waals surface area contributed by atoms with Crippen molar-refractivity contribution in [2.45, 2.75) is 44.0 Å². The molecule has 2 rings (SSSR count). The molecule has 8 heteroatoms. The van der Waals surface area contributed by atoms with Gasteiger partial charge in [-0.05, 0) is 37.5 Å². The van der Waals surface area contributed by atoms with Crippen LogP contribution in [0.3, 0.4) is 0 Å². The molecule has 0 spiro atoms. The summed E-state index contributed by atoms with van der Waals surface area (Å²) in [6, 6.07) is 7.75. The fourth-order valence-electron chi connectivity index (χ4n) is 2.34. The minimum atomic E-state index is -0.563. The van der Waals surface area contributed by atoms with Crippen LogP contribution in [-0.2, 0) is 16.0 Å². The number of aromatic nitrogens is 2. The van der Waals surface area contributed by atoms with Gasteiger partial charge in [0, 0.05) is 11.9 Å². The number of nitrogen functional groups attached to an aromatic ring is 1. The smallest absolute Gasteiger partial charge is 0.343 e. The number of amides is 1. The minimum absolute atomic E-state index is 0.0388. The van der Waals surface area contributed by atoms with Crippen molar-refractivity contribution in [2.24, 2.45) is 0 Å². The van der Waals surface area contributed by atoms with Gasteiger partial charge in [0.1, 0.15) is 11.4 Å². The van der Waals surface area contributed by atoms with E-state index in [2.05, 4.69) is 22.2 Å². The van der Waals surface area contributed by atoms with E-state index in [1.54, 1.807) is 6.92 Å². The minimum Gasteiger partial charge on any atom is -0.462 e. The van der Waals surface area contributed by atoms with Crippen molar-refractivity contribution in [3.63, 3.8) is 0 Å². The summed E-state index contributed by atoms with van der Waals surface area (Å²) >= 11 is 1.21. The molecule has 144 valence electrons. The fraction of sp³-hybridized carbons (Fsp3) is 0.368. The summed E-state index contributed by atoms with van der Waals surface area (Å²) in [5.41, 5.74) is 7.87. The second-order valence-corrected chi connectivity index (χ2v) is 6.90. The van der Waals surface area contributed by atoms with Crippen molar-refractivity contribution in [3.05, 3.63) is 41.6 Å². The van der Waals surface area contributed by atoms with Crippen molar-refractivity contribution in [1.82, 2.24) is 9.97 Å². The summed E-state index contributed by atoms with van der Waals surface area (Å²) in [6.07, 6.45) is 2.82. The summed E-state index contributed by atoms with van der Waals surface area (Å²) in [4.78, 5) is 32.6. The van der Waals surface area contributed by atoms with Gasteiger partial charge in [-0.15, -0.1) is 0 Å². The Balaban J connectivity index is 2.08. The number of thioether (sulfide) groups is 1. The molecule has 0 bridgehead atoms. The Morgan fingerprint density at radius 1 is 1.30 bits per heavy atom. The highest BCUT2D eigenvalue weighted by Gasteiger charge is 2.21. The van der Waals surface area contributed by atoms with E-state index in [4.69, 9.17) is 10.5 Å². The maximum absolute atomic E-state index is 12.6. The zero-order valence-corrected chi connectivity index (χ0v) is 16.5. The van der Waals surface area contributed by atoms with Crippen LogP contribution in [0.2, 0.25) is 0 Å². The quantitative estimate of drug-likeness (QED) is 0.406. The van der Waals surface area contributed by atoms with E-state index in [-0.39, 0.29) is 29.1 Å². The lowest BCUT2D eigenvalue weighted by atomic mass is 10.1. The Bertz CT molecular complexity index is 813. The van der Waals surface area contributed by atoms with Crippen LogP contribution in [0.1, 0.15) is 43.1 Å². The number of carbonyl (C=O) groups is 2. The Morgan fingerprint density at radius 3 is 2.70 bits per heavy atom. The van der Waals surface area contributed by atoms with E-state index < -0.39 is 5.97 Å². The van der Waals surface area contributed by atoms with Gasteiger partial charge in [0.15, 0.2) is 5.16 Å². The fourth-order valence-corrected chi connectivity index (χ4v) is 3.19. The lowest BCUT2D eigenvalue weighted by Crippen LogP contribution is -2.25. The van der Waals surface area contributed by atoms with Crippen molar-refractivity contribution < 1.29 is 14.3 Å². The first-order valence-corrected chi connectivity index (χ1v) is 9.72. The zero-order chi connectivity index (χ0) is 19.8. The molecule has 0 aliphatic rings. The van der Waals surface area contributed by atoms with Gasteiger partial charge in [0.2, 0.25) is 5.91 Å². The van der Waals surface area contributed by atoms with Crippen LogP contribution in [0.15, 0.2) is 35.6 Å². The molecule has 3 N–H and O–H groups in total. The van der Waals surface area contributed by atoms with Crippen molar-refractivity contribution >= 4 is 35.1 Å². The summed E-state index contributed by atoms with van der Waals surface area (Å²) in [6.45, 7) is 5.93. The van der Waals surface area contributed by atoms with Crippen molar-refractivity contribution in [3.8, 4) is 0 Å². The number of nitrogens with one attached hydrogen (secondary N) is 1. The SMILES string of the molecule is CCOC(=O)c1cnc(S[C@@H](CC)C(=O)Nc2cccc(CC)c2)nc1N. The van der Waals surface area contributed by atoms with Gasteiger partial charge in [-0.1, -0.05) is 37.7 Å². The van der Waals surface area contributed by atoms with Gasteiger partial charge in [0.05, 0.1) is 11.9 Å². The largest absolute Gasteiger partial charge is 0.462 e. The molecule has 0 fully saturated rings. The number of ether oxygens (including phenoxy) is 1. The monoisotopic (exact) mass is 388 g/mol. The molecule has 1 atom stereocenters. The molecule has 1 aromatic heterocycles. The molecule has 2 aromatic rings. The number of carbonyl (C=O) groups excluding carboxylic acids is 2. The molecule has 0 radical (unpaired) electrons. The highest BCUT2D eigenvalue weighted by atomic mass is 32.2. The molecule has 0 aliphatic heterocycles. The molecule has 0 saturated carbocycles. The number of nitrogens with zero attached hydrogens (tertiary/aromatic N) is 2. The van der Waals surface area contributed by atoms with Crippen molar-refractivity contribution in [1.29, 1.82) is 0 Å². The molecule has 1 aromatic carbocycles. The van der Waals surface area contributed by atoms with Crippen LogP contribution in [0.4, 0.5) is 11.5 Å². The predicted molar refractivity (Wildman–Crippen MR) is 107 cm³/mol. The number of aryl methyl sites for hydroxylation is 1. The van der Waals surface area contributed by atoms with Gasteiger partial charge in [-0.2, -0.15) is 0 Å². The van der Waals surface area contributed by atoms with Crippen LogP contribution in [0, 0.1) is 0 Å². The van der Waals surface area contributed by atoms with Gasteiger partial charge in [0.25, 0.3) is 0 Å². The number of rotatable bonds is 8. The first-order chi connectivity index (χ1) is 13.0. The first kappa shape index (κ1) is 20.7. The van der Waals surface area contributed by atoms with Crippen LogP contribution in [-0.4, -0.2) is 33.7 Å². The van der Waals surface area contributed by atoms with Crippen LogP contribution < -0.4 is 11.1 Å². The van der Waals surface area contributed by atoms with E-state index in [0.29, 0.717) is 11.6 Å². The molecule has 0 unspecified atom stereocenters. The first-order valence-electron chi connectivity index (χ1n) is 8.84. The average Bonchev–Trinajstić information content (AvgIpc) is 2.66. The zero-order valence-electron chi connectivity index (χ0n) is 15.7. The average molecular weight is 388 g/mol. The number of esters is 1. The Hall–Kier alpha value is -2.61. The van der Waals surface area contributed by atoms with E-state index >= 15 is 0 Å². The molecule has 1 amide bonds. The number of hydrogen-bond donors (Lipinski definition) is 2. The number of benzene rings is 1. The molecule has 27 heavy (non-hydrogen) atoms. The summed E-state index contributed by atoms with van der Waals surface area (Å²) in [7, 11) is 0. The Kier molecular flexibility index (Phi) is 7.60. The molecular weight excluding hydrogens is 364 g/mol. The maximum atomic E-state index is 12.6. The predicted octanol–water partition coefficient (Wildman–Crippen LogP) is 3.31. The Labute approximate surface area is 163 Å². The highest BCUT2D eigenvalue weighted by molar-refractivity contribution is 8.00. The Morgan fingerprint density at radius 2 is 2.07 bits per heavy atom. The van der Waals surface area contributed by atoms with E-state index in [1.165, 1.54) is 18.0 Å². The number of hydrogen-bond acceptors (Lipinski definition) is 7. The van der Waals surface area contributed by atoms with Crippen LogP contribution >= 0.6 is 11.8 Å². The van der Waals surface area contributed by atoms with Crippen LogP contribution in [0.5, 0.6) is 0 Å². The molecule has 7 nitrogen and oxygen atoms in total. The van der Waals surface area contributed by atoms with E-state index in [9.17, 15) is 9.59 Å². The third kappa shape index (κ3) is 5.68. The summed E-state index contributed by atoms with van der Waals surface area (Å²) in [5, 5.41) is 2.88. The highest BCUT2D eigenvalue weighted by Crippen LogP contribution is 2.25. The third-order valence-electron chi connectivity index (χ3n) is 3.81. The summed E-state index contributed by atoms with van der Waals surface area (Å²) < 4.78 is 4.90. The second-order valence-electron chi connectivity index (χ2n) is 5.73. The molecule has 1 heterocycles. The number of nitrogens with two attached hydrogens (primary N) is 1. The topological polar surface area (TPSA) is 107 Å². The van der Waals surface area contributed by atoms with Gasteiger partial charge in [-0.25, -0.2) is 14.8 Å². The molecular formula is C19H24N4O3S. The molecule has 0 aliphatic carbocycles. The van der Waals surface area contributed by atoms with E-state index in [0.717, 1.165) is 17.7 Å². The maximum Gasteiger partial charge on any atom is 0.343 e. The van der Waals surface area contributed by atoms with Gasteiger partial charge < -0.3 is 15.8 Å². The van der Waals surface area contributed by atoms with Crippen molar-refractivity contribution in [2.75, 3.05) is 17.7 Å². The van der Waals surface area contributed by atoms with E-state index in [1.807, 2.05) is 31.2 Å². The normalized spacial score (nSPS) is 11.7. The lowest BCUT2D eigenvalue weighted by molar-refractivity contribution is -0.115. The second kappa shape index (κ2) is 9.91. The molecule has 0 saturated heterocycles. The lowest BCUT2D eigenvalue weighted by Gasteiger charge is -2.14. The number of anilines is 2. The standard InChI is InChI=1S/C19H24N4O3S/c1-4-12-8-7-9-13(10-12)22-17(24)15(5-2)27-19-21-11-14(16(20)23-19)18(25)26-6-3/h7-11,15H,4-6H2,1-3H3,(H,22,24)(H2,20,21,23)/t15-/m0/s1. The van der Waals surface area contributed by atoms with Gasteiger partial charge in [-0.3, -0.25) is 4.79 Å². The van der Waals surface area contributed by atoms with Crippen LogP contribution in [0.25, 0.3) is 0 Å².